The molecule has 0 aromatic heterocycles. The highest BCUT2D eigenvalue weighted by molar-refractivity contribution is 5.77. The average molecular weight is 236 g/mol. The van der Waals surface area contributed by atoms with Crippen LogP contribution in [0.5, 0.6) is 5.75 Å². The molecular weight excluding hydrogens is 216 g/mol. The lowest BCUT2D eigenvalue weighted by atomic mass is 10.1. The molecule has 1 atom stereocenters. The Balaban J connectivity index is 2.51. The third-order valence-corrected chi connectivity index (χ3v) is 2.54. The Morgan fingerprint density at radius 1 is 1.47 bits per heavy atom. The topological polar surface area (TPSA) is 50.4 Å². The molecule has 17 heavy (non-hydrogen) atoms. The molecule has 2 N–H and O–H groups in total. The summed E-state index contributed by atoms with van der Waals surface area (Å²) in [6, 6.07) is 7.94. The van der Waals surface area contributed by atoms with Gasteiger partial charge in [0, 0.05) is 12.6 Å². The fraction of sp³-hybridized carbons (Fsp3) is 0.462. The summed E-state index contributed by atoms with van der Waals surface area (Å²) in [7, 11) is 1.64. The summed E-state index contributed by atoms with van der Waals surface area (Å²) in [5.41, 5.74) is 1.11. The zero-order valence-electron chi connectivity index (χ0n) is 10.6. The Bertz CT molecular complexity index is 366. The minimum absolute atomic E-state index is 0.0160. The van der Waals surface area contributed by atoms with Crippen LogP contribution in [0.4, 0.5) is 0 Å². The molecule has 0 saturated carbocycles. The first kappa shape index (κ1) is 13.5. The number of ether oxygens (including phenoxy) is 1. The van der Waals surface area contributed by atoms with E-state index in [1.54, 1.807) is 7.11 Å². The molecule has 0 spiro atoms. The van der Waals surface area contributed by atoms with Gasteiger partial charge in [0.05, 0.1) is 13.7 Å². The van der Waals surface area contributed by atoms with Crippen LogP contribution in [0.15, 0.2) is 24.3 Å². The highest BCUT2D eigenvalue weighted by Gasteiger charge is 2.07. The molecule has 0 unspecified atom stereocenters. The van der Waals surface area contributed by atoms with Gasteiger partial charge in [0.1, 0.15) is 5.75 Å². The Labute approximate surface area is 102 Å². The van der Waals surface area contributed by atoms with E-state index in [1.807, 2.05) is 38.1 Å². The highest BCUT2D eigenvalue weighted by atomic mass is 16.5. The Hall–Kier alpha value is -1.55. The molecule has 4 nitrogen and oxygen atoms in total. The van der Waals surface area contributed by atoms with Crippen LogP contribution in [0.25, 0.3) is 0 Å². The van der Waals surface area contributed by atoms with Gasteiger partial charge in [0.25, 0.3) is 0 Å². The second-order valence-electron chi connectivity index (χ2n) is 3.83. The number of carbonyl (C=O) groups is 1. The van der Waals surface area contributed by atoms with E-state index in [0.717, 1.165) is 11.3 Å². The zero-order valence-corrected chi connectivity index (χ0v) is 10.6. The molecule has 4 heteroatoms. The third kappa shape index (κ3) is 4.44. The molecule has 0 aliphatic heterocycles. The first-order valence-corrected chi connectivity index (χ1v) is 5.81. The van der Waals surface area contributed by atoms with Crippen molar-refractivity contribution in [2.75, 3.05) is 20.2 Å². The molecule has 0 aliphatic carbocycles. The molecule has 0 fully saturated rings. The predicted molar refractivity (Wildman–Crippen MR) is 68.1 cm³/mol. The van der Waals surface area contributed by atoms with Crippen LogP contribution in [0.2, 0.25) is 0 Å². The number of methoxy groups -OCH3 is 1. The fourth-order valence-electron chi connectivity index (χ4n) is 1.53. The number of rotatable bonds is 6. The summed E-state index contributed by atoms with van der Waals surface area (Å²) < 4.78 is 5.16. The molecule has 1 rings (SSSR count). The van der Waals surface area contributed by atoms with Crippen LogP contribution < -0.4 is 15.4 Å². The smallest absolute Gasteiger partial charge is 0.233 e. The van der Waals surface area contributed by atoms with Crippen molar-refractivity contribution >= 4 is 5.91 Å². The zero-order chi connectivity index (χ0) is 12.7. The summed E-state index contributed by atoms with van der Waals surface area (Å²) in [5, 5.41) is 5.92. The van der Waals surface area contributed by atoms with Crippen molar-refractivity contribution in [2.24, 2.45) is 0 Å². The number of nitrogens with one attached hydrogen (secondary N) is 2. The minimum Gasteiger partial charge on any atom is -0.497 e. The van der Waals surface area contributed by atoms with Crippen molar-refractivity contribution in [3.63, 3.8) is 0 Å². The fourth-order valence-corrected chi connectivity index (χ4v) is 1.53. The van der Waals surface area contributed by atoms with Gasteiger partial charge in [-0.05, 0) is 31.5 Å². The first-order chi connectivity index (χ1) is 8.17. The van der Waals surface area contributed by atoms with E-state index in [9.17, 15) is 4.79 Å². The van der Waals surface area contributed by atoms with Gasteiger partial charge in [-0.1, -0.05) is 12.1 Å². The van der Waals surface area contributed by atoms with Crippen LogP contribution >= 0.6 is 0 Å². The number of amides is 1. The Morgan fingerprint density at radius 2 is 2.24 bits per heavy atom. The molecule has 94 valence electrons. The van der Waals surface area contributed by atoms with E-state index in [2.05, 4.69) is 10.6 Å². The van der Waals surface area contributed by atoms with Gasteiger partial charge in [-0.15, -0.1) is 0 Å². The van der Waals surface area contributed by atoms with E-state index in [-0.39, 0.29) is 11.9 Å². The van der Waals surface area contributed by atoms with Crippen LogP contribution in [0.3, 0.4) is 0 Å². The van der Waals surface area contributed by atoms with Gasteiger partial charge in [-0.2, -0.15) is 0 Å². The van der Waals surface area contributed by atoms with Gasteiger partial charge in [-0.25, -0.2) is 0 Å². The third-order valence-electron chi connectivity index (χ3n) is 2.54. The van der Waals surface area contributed by atoms with Crippen molar-refractivity contribution in [3.05, 3.63) is 29.8 Å². The maximum absolute atomic E-state index is 11.3. The standard InChI is InChI=1S/C13H20N2O2/c1-4-14-13(16)9-15-10(2)11-6-5-7-12(8-11)17-3/h5-8,10,15H,4,9H2,1-3H3,(H,14,16)/t10-/m0/s1. The summed E-state index contributed by atoms with van der Waals surface area (Å²) >= 11 is 0. The second-order valence-corrected chi connectivity index (χ2v) is 3.83. The number of carbonyl (C=O) groups excluding carboxylic acids is 1. The lowest BCUT2D eigenvalue weighted by Crippen LogP contribution is -2.34. The van der Waals surface area contributed by atoms with E-state index in [0.29, 0.717) is 13.1 Å². The van der Waals surface area contributed by atoms with Crippen molar-refractivity contribution in [1.82, 2.24) is 10.6 Å². The molecule has 0 bridgehead atoms. The normalized spacial score (nSPS) is 11.9. The quantitative estimate of drug-likeness (QED) is 0.786. The Kier molecular flexibility index (Phi) is 5.49. The molecule has 0 radical (unpaired) electrons. The Morgan fingerprint density at radius 3 is 2.88 bits per heavy atom. The highest BCUT2D eigenvalue weighted by Crippen LogP contribution is 2.18. The van der Waals surface area contributed by atoms with Crippen molar-refractivity contribution in [2.45, 2.75) is 19.9 Å². The van der Waals surface area contributed by atoms with E-state index < -0.39 is 0 Å². The van der Waals surface area contributed by atoms with Gasteiger partial charge in [0.15, 0.2) is 0 Å². The maximum Gasteiger partial charge on any atom is 0.233 e. The SMILES string of the molecule is CCNC(=O)CN[C@@H](C)c1cccc(OC)c1. The van der Waals surface area contributed by atoms with Gasteiger partial charge in [0.2, 0.25) is 5.91 Å². The van der Waals surface area contributed by atoms with E-state index in [4.69, 9.17) is 4.74 Å². The van der Waals surface area contributed by atoms with E-state index in [1.165, 1.54) is 0 Å². The monoisotopic (exact) mass is 236 g/mol. The maximum atomic E-state index is 11.3. The van der Waals surface area contributed by atoms with Crippen molar-refractivity contribution < 1.29 is 9.53 Å². The first-order valence-electron chi connectivity index (χ1n) is 5.81. The molecule has 1 aromatic carbocycles. The van der Waals surface area contributed by atoms with Crippen LogP contribution in [-0.4, -0.2) is 26.1 Å². The molecule has 1 aromatic rings. The number of likely N-dealkylation sites (N-methyl/N-ethyl adjacent to an activating group) is 1. The number of hydrogen-bond donors (Lipinski definition) is 2. The summed E-state index contributed by atoms with van der Waals surface area (Å²) in [6.07, 6.45) is 0. The summed E-state index contributed by atoms with van der Waals surface area (Å²) in [4.78, 5) is 11.3. The second kappa shape index (κ2) is 6.91. The largest absolute Gasteiger partial charge is 0.497 e. The molecule has 0 saturated heterocycles. The minimum atomic E-state index is 0.0160. The van der Waals surface area contributed by atoms with Crippen molar-refractivity contribution in [3.8, 4) is 5.75 Å². The lowest BCUT2D eigenvalue weighted by molar-refractivity contribution is -0.120. The number of hydrogen-bond acceptors (Lipinski definition) is 3. The molecular formula is C13H20N2O2. The van der Waals surface area contributed by atoms with Crippen LogP contribution in [0.1, 0.15) is 25.5 Å². The van der Waals surface area contributed by atoms with Crippen molar-refractivity contribution in [1.29, 1.82) is 0 Å². The van der Waals surface area contributed by atoms with Gasteiger partial charge in [-0.3, -0.25) is 4.79 Å². The van der Waals surface area contributed by atoms with Gasteiger partial charge < -0.3 is 15.4 Å². The lowest BCUT2D eigenvalue weighted by Gasteiger charge is -2.14. The number of benzene rings is 1. The average Bonchev–Trinajstić information content (AvgIpc) is 2.36. The van der Waals surface area contributed by atoms with Crippen LogP contribution in [-0.2, 0) is 4.79 Å². The molecule has 0 aliphatic rings. The van der Waals surface area contributed by atoms with E-state index >= 15 is 0 Å². The molecule has 0 heterocycles. The van der Waals surface area contributed by atoms with Crippen LogP contribution in [0, 0.1) is 0 Å². The summed E-state index contributed by atoms with van der Waals surface area (Å²) in [6.45, 7) is 4.91. The summed E-state index contributed by atoms with van der Waals surface area (Å²) in [5.74, 6) is 0.844. The van der Waals surface area contributed by atoms with Gasteiger partial charge >= 0.3 is 0 Å². The predicted octanol–water partition coefficient (Wildman–Crippen LogP) is 1.48. The molecule has 1 amide bonds.